The maximum absolute atomic E-state index is 12.1. The fourth-order valence-corrected chi connectivity index (χ4v) is 2.99. The molecule has 148 valence electrons. The highest BCUT2D eigenvalue weighted by atomic mass is 16.7. The lowest BCUT2D eigenvalue weighted by Gasteiger charge is -2.32. The van der Waals surface area contributed by atoms with Crippen molar-refractivity contribution in [3.63, 3.8) is 0 Å². The monoisotopic (exact) mass is 376 g/mol. The number of hydrogen-bond acceptors (Lipinski definition) is 6. The first-order chi connectivity index (χ1) is 12.8. The van der Waals surface area contributed by atoms with E-state index >= 15 is 0 Å². The third-order valence-electron chi connectivity index (χ3n) is 5.40. The molecule has 0 bridgehead atoms. The molecule has 27 heavy (non-hydrogen) atoms. The van der Waals surface area contributed by atoms with Gasteiger partial charge in [-0.05, 0) is 45.3 Å². The van der Waals surface area contributed by atoms with Crippen LogP contribution in [-0.4, -0.2) is 68.8 Å². The molecular weight excluding hydrogens is 347 g/mol. The van der Waals surface area contributed by atoms with Crippen LogP contribution in [0.15, 0.2) is 24.3 Å². The molecule has 2 saturated heterocycles. The lowest BCUT2D eigenvalue weighted by Crippen LogP contribution is -2.41. The van der Waals surface area contributed by atoms with Crippen molar-refractivity contribution in [2.45, 2.75) is 38.9 Å². The van der Waals surface area contributed by atoms with E-state index in [9.17, 15) is 4.79 Å². The fourth-order valence-electron chi connectivity index (χ4n) is 2.99. The first kappa shape index (κ1) is 20.1. The second-order valence-corrected chi connectivity index (χ2v) is 7.93. The number of carbonyl (C=O) groups is 1. The standard InChI is InChI=1S/C19H29BN2O5/c1-18(2)19(3,4)27-20(26-18)15-6-5-7-16(14-15)21-17(23)25-13-10-22-8-11-24-12-9-22/h5-7,14H,8-13H2,1-4H3,(H,21,23). The Balaban J connectivity index is 1.51. The van der Waals surface area contributed by atoms with Crippen molar-refractivity contribution < 1.29 is 23.6 Å². The zero-order chi connectivity index (χ0) is 19.5. The van der Waals surface area contributed by atoms with Crippen LogP contribution in [0.1, 0.15) is 27.7 Å². The summed E-state index contributed by atoms with van der Waals surface area (Å²) in [5.41, 5.74) is 0.706. The molecule has 1 aromatic carbocycles. The number of carbonyl (C=O) groups excluding carboxylic acids is 1. The minimum absolute atomic E-state index is 0.350. The number of hydrogen-bond donors (Lipinski definition) is 1. The van der Waals surface area contributed by atoms with Crippen molar-refractivity contribution in [2.24, 2.45) is 0 Å². The molecule has 0 aromatic heterocycles. The summed E-state index contributed by atoms with van der Waals surface area (Å²) in [5.74, 6) is 0. The van der Waals surface area contributed by atoms with Crippen molar-refractivity contribution in [3.8, 4) is 0 Å². The Labute approximate surface area is 161 Å². The van der Waals surface area contributed by atoms with Gasteiger partial charge in [0.2, 0.25) is 0 Å². The van der Waals surface area contributed by atoms with Gasteiger partial charge >= 0.3 is 13.2 Å². The molecular formula is C19H29BN2O5. The van der Waals surface area contributed by atoms with E-state index in [1.54, 1.807) is 0 Å². The van der Waals surface area contributed by atoms with E-state index in [1.807, 2.05) is 52.0 Å². The third-order valence-corrected chi connectivity index (χ3v) is 5.40. The zero-order valence-corrected chi connectivity index (χ0v) is 16.6. The van der Waals surface area contributed by atoms with Gasteiger partial charge in [-0.15, -0.1) is 0 Å². The highest BCUT2D eigenvalue weighted by Gasteiger charge is 2.51. The molecule has 0 unspecified atom stereocenters. The molecule has 0 aliphatic carbocycles. The lowest BCUT2D eigenvalue weighted by molar-refractivity contribution is 0.00578. The molecule has 7 nitrogen and oxygen atoms in total. The van der Waals surface area contributed by atoms with E-state index in [1.165, 1.54) is 0 Å². The van der Waals surface area contributed by atoms with Gasteiger partial charge in [0.1, 0.15) is 6.61 Å². The average Bonchev–Trinajstić information content (AvgIpc) is 2.84. The first-order valence-corrected chi connectivity index (χ1v) is 9.46. The Hall–Kier alpha value is -1.61. The van der Waals surface area contributed by atoms with Gasteiger partial charge in [0, 0.05) is 25.3 Å². The number of ether oxygens (including phenoxy) is 2. The topological polar surface area (TPSA) is 69.3 Å². The van der Waals surface area contributed by atoms with Crippen LogP contribution in [0.3, 0.4) is 0 Å². The van der Waals surface area contributed by atoms with Crippen LogP contribution in [0.4, 0.5) is 10.5 Å². The van der Waals surface area contributed by atoms with Gasteiger partial charge in [-0.1, -0.05) is 12.1 Å². The minimum atomic E-state index is -0.464. The van der Waals surface area contributed by atoms with Crippen molar-refractivity contribution in [3.05, 3.63) is 24.3 Å². The largest absolute Gasteiger partial charge is 0.494 e. The molecule has 0 atom stereocenters. The van der Waals surface area contributed by atoms with Crippen LogP contribution in [-0.2, 0) is 18.8 Å². The number of nitrogens with one attached hydrogen (secondary N) is 1. The van der Waals surface area contributed by atoms with E-state index in [4.69, 9.17) is 18.8 Å². The summed E-state index contributed by atoms with van der Waals surface area (Å²) in [7, 11) is -0.464. The molecule has 0 saturated carbocycles. The predicted molar refractivity (Wildman–Crippen MR) is 104 cm³/mol. The summed E-state index contributed by atoms with van der Waals surface area (Å²) >= 11 is 0. The number of anilines is 1. The summed E-state index contributed by atoms with van der Waals surface area (Å²) in [6.45, 7) is 12.3. The highest BCUT2D eigenvalue weighted by Crippen LogP contribution is 2.36. The van der Waals surface area contributed by atoms with E-state index in [0.717, 1.165) is 31.8 Å². The molecule has 1 N–H and O–H groups in total. The Bertz CT molecular complexity index is 645. The van der Waals surface area contributed by atoms with Gasteiger partial charge in [-0.2, -0.15) is 0 Å². The summed E-state index contributed by atoms with van der Waals surface area (Å²) < 4.78 is 22.7. The Morgan fingerprint density at radius 2 is 1.85 bits per heavy atom. The molecule has 2 aliphatic rings. The number of nitrogens with zero attached hydrogens (tertiary/aromatic N) is 1. The Morgan fingerprint density at radius 1 is 1.19 bits per heavy atom. The van der Waals surface area contributed by atoms with Crippen LogP contribution in [0.25, 0.3) is 0 Å². The summed E-state index contributed by atoms with van der Waals surface area (Å²) in [5, 5.41) is 2.77. The minimum Gasteiger partial charge on any atom is -0.448 e. The van der Waals surface area contributed by atoms with Crippen LogP contribution in [0.5, 0.6) is 0 Å². The van der Waals surface area contributed by atoms with Gasteiger partial charge in [0.15, 0.2) is 0 Å². The first-order valence-electron chi connectivity index (χ1n) is 9.46. The van der Waals surface area contributed by atoms with Crippen LogP contribution < -0.4 is 10.8 Å². The van der Waals surface area contributed by atoms with Gasteiger partial charge in [0.05, 0.1) is 24.4 Å². The summed E-state index contributed by atoms with van der Waals surface area (Å²) in [4.78, 5) is 14.3. The Morgan fingerprint density at radius 3 is 2.52 bits per heavy atom. The molecule has 0 radical (unpaired) electrons. The SMILES string of the molecule is CC1(C)OB(c2cccc(NC(=O)OCCN3CCOCC3)c2)OC1(C)C. The smallest absolute Gasteiger partial charge is 0.448 e. The quantitative estimate of drug-likeness (QED) is 0.792. The fraction of sp³-hybridized carbons (Fsp3) is 0.632. The molecule has 1 amide bonds. The van der Waals surface area contributed by atoms with Crippen molar-refractivity contribution in [2.75, 3.05) is 44.8 Å². The number of benzene rings is 1. The average molecular weight is 376 g/mol. The van der Waals surface area contributed by atoms with E-state index in [-0.39, 0.29) is 0 Å². The lowest BCUT2D eigenvalue weighted by atomic mass is 9.79. The highest BCUT2D eigenvalue weighted by molar-refractivity contribution is 6.62. The molecule has 2 fully saturated rings. The van der Waals surface area contributed by atoms with E-state index in [2.05, 4.69) is 10.2 Å². The van der Waals surface area contributed by atoms with Crippen LogP contribution in [0.2, 0.25) is 0 Å². The molecule has 8 heteroatoms. The summed E-state index contributed by atoms with van der Waals surface area (Å²) in [6, 6.07) is 7.46. The Kier molecular flexibility index (Phi) is 6.10. The summed E-state index contributed by atoms with van der Waals surface area (Å²) in [6.07, 6.45) is -0.464. The maximum atomic E-state index is 12.1. The van der Waals surface area contributed by atoms with Crippen molar-refractivity contribution in [1.82, 2.24) is 4.90 Å². The second-order valence-electron chi connectivity index (χ2n) is 7.93. The molecule has 0 spiro atoms. The third kappa shape index (κ3) is 5.01. The van der Waals surface area contributed by atoms with Crippen LogP contribution in [0, 0.1) is 0 Å². The molecule has 1 aromatic rings. The van der Waals surface area contributed by atoms with Crippen molar-refractivity contribution in [1.29, 1.82) is 0 Å². The van der Waals surface area contributed by atoms with Crippen LogP contribution >= 0.6 is 0 Å². The molecule has 2 heterocycles. The normalized spacial score (nSPS) is 21.9. The molecule has 3 rings (SSSR count). The van der Waals surface area contributed by atoms with Gasteiger partial charge in [-0.25, -0.2) is 4.79 Å². The van der Waals surface area contributed by atoms with Crippen molar-refractivity contribution >= 4 is 24.4 Å². The van der Waals surface area contributed by atoms with Gasteiger partial charge in [0.25, 0.3) is 0 Å². The predicted octanol–water partition coefficient (Wildman–Crippen LogP) is 1.87. The van der Waals surface area contributed by atoms with Gasteiger partial charge in [-0.3, -0.25) is 10.2 Å². The zero-order valence-electron chi connectivity index (χ0n) is 16.6. The van der Waals surface area contributed by atoms with Gasteiger partial charge < -0.3 is 18.8 Å². The number of morpholine rings is 1. The maximum Gasteiger partial charge on any atom is 0.494 e. The number of rotatable bonds is 5. The van der Waals surface area contributed by atoms with E-state index < -0.39 is 24.4 Å². The number of amides is 1. The second kappa shape index (κ2) is 8.18. The van der Waals surface area contributed by atoms with E-state index in [0.29, 0.717) is 18.8 Å². The molecule has 2 aliphatic heterocycles.